The minimum absolute atomic E-state index is 0.0584. The van der Waals surface area contributed by atoms with Gasteiger partial charge in [-0.15, -0.1) is 0 Å². The van der Waals surface area contributed by atoms with Gasteiger partial charge in [0.05, 0.1) is 4.90 Å². The summed E-state index contributed by atoms with van der Waals surface area (Å²) in [7, 11) is -4.05. The molecule has 1 N–H and O–H groups in total. The van der Waals surface area contributed by atoms with Gasteiger partial charge < -0.3 is 0 Å². The Labute approximate surface area is 78.2 Å². The molecule has 0 aliphatic carbocycles. The molecule has 3 nitrogen and oxygen atoms in total. The van der Waals surface area contributed by atoms with Gasteiger partial charge in [-0.05, 0) is 23.6 Å². The van der Waals surface area contributed by atoms with Crippen molar-refractivity contribution in [2.75, 3.05) is 0 Å². The molecule has 0 saturated heterocycles. The summed E-state index contributed by atoms with van der Waals surface area (Å²) in [5.41, 5.74) is 1.05. The van der Waals surface area contributed by atoms with E-state index in [0.717, 1.165) is 5.56 Å². The van der Waals surface area contributed by atoms with Crippen molar-refractivity contribution >= 4 is 10.1 Å². The quantitative estimate of drug-likeness (QED) is 0.743. The van der Waals surface area contributed by atoms with E-state index >= 15 is 0 Å². The molecular formula is C9H12O3S. The van der Waals surface area contributed by atoms with Crippen LogP contribution in [-0.4, -0.2) is 13.0 Å². The minimum atomic E-state index is -4.05. The van der Waals surface area contributed by atoms with E-state index in [1.54, 1.807) is 12.1 Å². The van der Waals surface area contributed by atoms with Crippen molar-refractivity contribution in [2.24, 2.45) is 0 Å². The largest absolute Gasteiger partial charge is 0.294 e. The van der Waals surface area contributed by atoms with Crippen molar-refractivity contribution < 1.29 is 13.0 Å². The van der Waals surface area contributed by atoms with Crippen LogP contribution in [0.5, 0.6) is 0 Å². The molecular weight excluding hydrogens is 188 g/mol. The maximum atomic E-state index is 10.7. The van der Waals surface area contributed by atoms with Crippen molar-refractivity contribution in [3.05, 3.63) is 29.8 Å². The van der Waals surface area contributed by atoms with Crippen molar-refractivity contribution in [1.82, 2.24) is 0 Å². The van der Waals surface area contributed by atoms with Gasteiger partial charge in [0, 0.05) is 0 Å². The number of hydrogen-bond acceptors (Lipinski definition) is 2. The summed E-state index contributed by atoms with van der Waals surface area (Å²) in [6.07, 6.45) is 0. The van der Waals surface area contributed by atoms with Crippen LogP contribution in [0.2, 0.25) is 0 Å². The Hall–Kier alpha value is -0.870. The third kappa shape index (κ3) is 2.54. The van der Waals surface area contributed by atoms with E-state index in [1.807, 2.05) is 13.8 Å². The van der Waals surface area contributed by atoms with Gasteiger partial charge in [-0.3, -0.25) is 4.55 Å². The zero-order valence-corrected chi connectivity index (χ0v) is 8.38. The van der Waals surface area contributed by atoms with Crippen molar-refractivity contribution in [1.29, 1.82) is 0 Å². The third-order valence-corrected chi connectivity index (χ3v) is 2.71. The zero-order valence-electron chi connectivity index (χ0n) is 7.56. The van der Waals surface area contributed by atoms with Gasteiger partial charge in [0.2, 0.25) is 0 Å². The maximum Gasteiger partial charge on any atom is 0.294 e. The highest BCUT2D eigenvalue weighted by molar-refractivity contribution is 7.85. The van der Waals surface area contributed by atoms with Gasteiger partial charge in [-0.2, -0.15) is 8.42 Å². The Kier molecular flexibility index (Phi) is 2.73. The van der Waals surface area contributed by atoms with Crippen LogP contribution in [0.3, 0.4) is 0 Å². The fourth-order valence-corrected chi connectivity index (χ4v) is 1.50. The Morgan fingerprint density at radius 1 is 1.15 bits per heavy atom. The molecule has 4 heteroatoms. The lowest BCUT2D eigenvalue weighted by atomic mass is 10.0. The van der Waals surface area contributed by atoms with E-state index in [0.29, 0.717) is 5.92 Å². The molecule has 0 radical (unpaired) electrons. The molecule has 0 fully saturated rings. The van der Waals surface area contributed by atoms with E-state index in [1.165, 1.54) is 12.1 Å². The Balaban J connectivity index is 3.08. The van der Waals surface area contributed by atoms with Gasteiger partial charge in [-0.1, -0.05) is 26.0 Å². The van der Waals surface area contributed by atoms with Crippen LogP contribution in [0, 0.1) is 0 Å². The molecule has 1 rings (SSSR count). The van der Waals surface area contributed by atoms with Crippen molar-refractivity contribution in [3.63, 3.8) is 0 Å². The highest BCUT2D eigenvalue weighted by atomic mass is 32.2. The molecule has 1 aromatic rings. The minimum Gasteiger partial charge on any atom is -0.282 e. The first-order valence-corrected chi connectivity index (χ1v) is 5.42. The summed E-state index contributed by atoms with van der Waals surface area (Å²) in [5, 5.41) is 0. The molecule has 0 aromatic heterocycles. The lowest BCUT2D eigenvalue weighted by Gasteiger charge is -2.04. The van der Waals surface area contributed by atoms with Crippen molar-refractivity contribution in [2.45, 2.75) is 24.7 Å². The molecule has 0 unspecified atom stereocenters. The van der Waals surface area contributed by atoms with Gasteiger partial charge in [0.25, 0.3) is 10.1 Å². The molecule has 0 saturated carbocycles. The standard InChI is InChI=1S/C9H12O3S/c1-7(2)8-3-5-9(6-4-8)13(10,11)12/h3-7H,1-2H3,(H,10,11,12). The zero-order chi connectivity index (χ0) is 10.1. The molecule has 0 bridgehead atoms. The van der Waals surface area contributed by atoms with Crippen LogP contribution in [0.25, 0.3) is 0 Å². The lowest BCUT2D eigenvalue weighted by Crippen LogP contribution is -1.98. The highest BCUT2D eigenvalue weighted by Crippen LogP contribution is 2.16. The molecule has 0 aliphatic rings. The SMILES string of the molecule is CC(C)c1ccc(S(=O)(=O)O)cc1. The summed E-state index contributed by atoms with van der Waals surface area (Å²) in [5.74, 6) is 0.357. The van der Waals surface area contributed by atoms with E-state index in [2.05, 4.69) is 0 Å². The summed E-state index contributed by atoms with van der Waals surface area (Å²) in [6, 6.07) is 6.22. The van der Waals surface area contributed by atoms with E-state index in [-0.39, 0.29) is 4.90 Å². The van der Waals surface area contributed by atoms with Gasteiger partial charge in [-0.25, -0.2) is 0 Å². The first-order valence-electron chi connectivity index (χ1n) is 3.98. The normalized spacial score (nSPS) is 12.0. The summed E-state index contributed by atoms with van der Waals surface area (Å²) in [4.78, 5) is -0.0584. The molecule has 0 atom stereocenters. The second kappa shape index (κ2) is 3.47. The summed E-state index contributed by atoms with van der Waals surface area (Å²) in [6.45, 7) is 4.03. The first kappa shape index (κ1) is 10.2. The predicted octanol–water partition coefficient (Wildman–Crippen LogP) is 2.06. The van der Waals surface area contributed by atoms with Crippen LogP contribution >= 0.6 is 0 Å². The third-order valence-electron chi connectivity index (χ3n) is 1.84. The topological polar surface area (TPSA) is 54.4 Å². The molecule has 72 valence electrons. The Morgan fingerprint density at radius 3 is 1.92 bits per heavy atom. The fourth-order valence-electron chi connectivity index (χ4n) is 1.02. The fraction of sp³-hybridized carbons (Fsp3) is 0.333. The van der Waals surface area contributed by atoms with Gasteiger partial charge in [0.1, 0.15) is 0 Å². The van der Waals surface area contributed by atoms with Crippen LogP contribution in [0.1, 0.15) is 25.3 Å². The molecule has 0 spiro atoms. The van der Waals surface area contributed by atoms with Crippen LogP contribution < -0.4 is 0 Å². The van der Waals surface area contributed by atoms with Crippen LogP contribution in [-0.2, 0) is 10.1 Å². The number of hydrogen-bond donors (Lipinski definition) is 1. The van der Waals surface area contributed by atoms with E-state index < -0.39 is 10.1 Å². The molecule has 0 heterocycles. The average Bonchev–Trinajstić information content (AvgIpc) is 2.03. The first-order chi connectivity index (χ1) is 5.91. The van der Waals surface area contributed by atoms with Gasteiger partial charge >= 0.3 is 0 Å². The van der Waals surface area contributed by atoms with E-state index in [4.69, 9.17) is 4.55 Å². The Bertz CT molecular complexity index is 376. The molecule has 1 aromatic carbocycles. The monoisotopic (exact) mass is 200 g/mol. The Morgan fingerprint density at radius 2 is 1.62 bits per heavy atom. The number of rotatable bonds is 2. The second-order valence-electron chi connectivity index (χ2n) is 3.20. The number of benzene rings is 1. The maximum absolute atomic E-state index is 10.7. The lowest BCUT2D eigenvalue weighted by molar-refractivity contribution is 0.483. The molecule has 13 heavy (non-hydrogen) atoms. The smallest absolute Gasteiger partial charge is 0.282 e. The average molecular weight is 200 g/mol. The van der Waals surface area contributed by atoms with Crippen LogP contribution in [0.4, 0.5) is 0 Å². The van der Waals surface area contributed by atoms with Crippen LogP contribution in [0.15, 0.2) is 29.2 Å². The van der Waals surface area contributed by atoms with E-state index in [9.17, 15) is 8.42 Å². The van der Waals surface area contributed by atoms with Gasteiger partial charge in [0.15, 0.2) is 0 Å². The summed E-state index contributed by atoms with van der Waals surface area (Å²) < 4.78 is 30.0. The second-order valence-corrected chi connectivity index (χ2v) is 4.62. The molecule has 0 amide bonds. The summed E-state index contributed by atoms with van der Waals surface area (Å²) >= 11 is 0. The molecule has 0 aliphatic heterocycles. The predicted molar refractivity (Wildman–Crippen MR) is 50.3 cm³/mol. The van der Waals surface area contributed by atoms with Crippen molar-refractivity contribution in [3.8, 4) is 0 Å². The highest BCUT2D eigenvalue weighted by Gasteiger charge is 2.08.